The van der Waals surface area contributed by atoms with Crippen LogP contribution in [0.2, 0.25) is 0 Å². The van der Waals surface area contributed by atoms with Crippen LogP contribution in [0.1, 0.15) is 45.7 Å². The number of β-lactam (4-membered cyclic amide) rings is 2. The molecule has 3 amide bonds. The molecule has 1 aromatic carbocycles. The first-order chi connectivity index (χ1) is 19.1. The van der Waals surface area contributed by atoms with E-state index in [4.69, 9.17) is 4.74 Å². The van der Waals surface area contributed by atoms with Crippen molar-refractivity contribution < 1.29 is 41.9 Å². The first kappa shape index (κ1) is 28.9. The van der Waals surface area contributed by atoms with Gasteiger partial charge >= 0.3 is 11.9 Å². The summed E-state index contributed by atoms with van der Waals surface area (Å²) in [4.78, 5) is 83.8. The van der Waals surface area contributed by atoms with Gasteiger partial charge in [-0.2, -0.15) is 0 Å². The van der Waals surface area contributed by atoms with Crippen LogP contribution in [-0.2, 0) is 43.3 Å². The van der Waals surface area contributed by atoms with E-state index in [9.17, 15) is 37.2 Å². The van der Waals surface area contributed by atoms with Crippen LogP contribution in [0.25, 0.3) is 0 Å². The van der Waals surface area contributed by atoms with Gasteiger partial charge in [0.05, 0.1) is 15.9 Å². The molecule has 4 fully saturated rings. The van der Waals surface area contributed by atoms with E-state index in [0.717, 1.165) is 21.6 Å². The third-order valence-electron chi connectivity index (χ3n) is 8.47. The van der Waals surface area contributed by atoms with Gasteiger partial charge in [0.25, 0.3) is 5.91 Å². The molecule has 1 N–H and O–H groups in total. The molecule has 0 spiro atoms. The number of esters is 2. The topological polar surface area (TPSA) is 177 Å². The lowest BCUT2D eigenvalue weighted by atomic mass is 9.82. The molecule has 4 aliphatic heterocycles. The number of thioether (sulfide) groups is 1. The van der Waals surface area contributed by atoms with Crippen molar-refractivity contribution in [1.29, 1.82) is 0 Å². The lowest BCUT2D eigenvalue weighted by Gasteiger charge is -2.48. The van der Waals surface area contributed by atoms with E-state index >= 15 is 0 Å². The van der Waals surface area contributed by atoms with Crippen LogP contribution in [0.3, 0.4) is 0 Å². The average Bonchev–Trinajstić information content (AvgIpc) is 3.20. The van der Waals surface area contributed by atoms with Gasteiger partial charge in [-0.05, 0) is 40.0 Å². The normalized spacial score (nSPS) is 32.5. The van der Waals surface area contributed by atoms with Gasteiger partial charge in [-0.3, -0.25) is 24.2 Å². The second-order valence-corrected chi connectivity index (χ2v) is 15.7. The fourth-order valence-corrected chi connectivity index (χ4v) is 9.84. The molecule has 218 valence electrons. The molecule has 1 aromatic rings. The predicted octanol–water partition coefficient (Wildman–Crippen LogP) is -0.252. The number of nitrogens with zero attached hydrogens (tertiary/aromatic N) is 3. The zero-order chi connectivity index (χ0) is 30.3. The van der Waals surface area contributed by atoms with E-state index in [2.05, 4.69) is 17.0 Å². The Morgan fingerprint density at radius 1 is 1.17 bits per heavy atom. The van der Waals surface area contributed by atoms with Crippen molar-refractivity contribution in [2.24, 2.45) is 4.99 Å². The Morgan fingerprint density at radius 2 is 1.80 bits per heavy atom. The Labute approximate surface area is 240 Å². The van der Waals surface area contributed by atoms with Crippen LogP contribution in [0.15, 0.2) is 35.3 Å². The Morgan fingerprint density at radius 3 is 2.37 bits per heavy atom. The average molecular weight is 605 g/mol. The maximum Gasteiger partial charge on any atom is 0.348 e. The number of rotatable bonds is 7. The van der Waals surface area contributed by atoms with Crippen molar-refractivity contribution in [2.45, 2.75) is 78.0 Å². The van der Waals surface area contributed by atoms with E-state index in [1.54, 1.807) is 30.3 Å². The van der Waals surface area contributed by atoms with Crippen LogP contribution in [-0.4, -0.2) is 98.7 Å². The number of hydrogen-bond donors (Lipinski definition) is 1. The number of ether oxygens (including phenoxy) is 1. The third kappa shape index (κ3) is 3.67. The second kappa shape index (κ2) is 9.21. The number of benzene rings is 1. The van der Waals surface area contributed by atoms with Crippen LogP contribution in [0.5, 0.6) is 0 Å². The van der Waals surface area contributed by atoms with E-state index in [1.165, 1.54) is 27.7 Å². The van der Waals surface area contributed by atoms with E-state index < -0.39 is 83.4 Å². The first-order valence-electron chi connectivity index (χ1n) is 12.7. The van der Waals surface area contributed by atoms with Gasteiger partial charge in [-0.25, -0.2) is 18.0 Å². The van der Waals surface area contributed by atoms with Crippen LogP contribution >= 0.6 is 11.8 Å². The quantitative estimate of drug-likeness (QED) is 0.144. The number of carbonyl (C=O) groups is 6. The van der Waals surface area contributed by atoms with Gasteiger partial charge in [0, 0.05) is 0 Å². The minimum absolute atomic E-state index is 0.220. The fraction of sp³-hybridized carbons (Fsp3) is 0.500. The maximum atomic E-state index is 13.6. The SMILES string of the molecule is C=NC(C(=O)N[C@@H]1C(=O)N2[C@@H]1SC(C)(C)[C@]2(C=O)C(=O)OC(=O)[C@@H]1N2C(=O)C[C@H]2S(=O)(=O)C1(C)C)c1ccccc1. The van der Waals surface area contributed by atoms with Gasteiger partial charge in [0.1, 0.15) is 16.8 Å². The summed E-state index contributed by atoms with van der Waals surface area (Å²) in [5, 5.41) is 0.560. The minimum atomic E-state index is -3.95. The van der Waals surface area contributed by atoms with Crippen molar-refractivity contribution in [3.8, 4) is 0 Å². The highest BCUT2D eigenvalue weighted by atomic mass is 32.2. The number of aldehydes is 1. The molecule has 0 saturated carbocycles. The van der Waals surface area contributed by atoms with Gasteiger partial charge in [0.15, 0.2) is 28.2 Å². The molecule has 15 heteroatoms. The summed E-state index contributed by atoms with van der Waals surface area (Å²) in [6, 6.07) is 4.84. The summed E-state index contributed by atoms with van der Waals surface area (Å²) in [7, 11) is -3.95. The molecule has 4 aliphatic rings. The summed E-state index contributed by atoms with van der Waals surface area (Å²) >= 11 is 1.06. The van der Waals surface area contributed by atoms with Crippen molar-refractivity contribution in [3.05, 3.63) is 35.9 Å². The zero-order valence-electron chi connectivity index (χ0n) is 22.6. The Balaban J connectivity index is 1.38. The van der Waals surface area contributed by atoms with Crippen LogP contribution in [0.4, 0.5) is 0 Å². The molecule has 1 unspecified atom stereocenters. The molecule has 0 radical (unpaired) electrons. The molecule has 0 aliphatic carbocycles. The molecule has 4 heterocycles. The highest BCUT2D eigenvalue weighted by Crippen LogP contribution is 2.56. The Hall–Kier alpha value is -3.59. The zero-order valence-corrected chi connectivity index (χ0v) is 24.2. The Kier molecular flexibility index (Phi) is 6.50. The number of nitrogens with one attached hydrogen (secondary N) is 1. The monoisotopic (exact) mass is 604 g/mol. The van der Waals surface area contributed by atoms with Crippen molar-refractivity contribution >= 4 is 64.3 Å². The number of aliphatic imine (C=N–C) groups is 1. The molecule has 0 bridgehead atoms. The van der Waals surface area contributed by atoms with Crippen LogP contribution in [0, 0.1) is 0 Å². The van der Waals surface area contributed by atoms with Crippen molar-refractivity contribution in [1.82, 2.24) is 15.1 Å². The first-order valence-corrected chi connectivity index (χ1v) is 15.1. The van der Waals surface area contributed by atoms with Crippen molar-refractivity contribution in [3.63, 3.8) is 0 Å². The number of hydrogen-bond acceptors (Lipinski definition) is 11. The summed E-state index contributed by atoms with van der Waals surface area (Å²) < 4.78 is 27.8. The van der Waals surface area contributed by atoms with E-state index in [1.807, 2.05) is 0 Å². The molecule has 13 nitrogen and oxygen atoms in total. The lowest BCUT2D eigenvalue weighted by Crippen LogP contribution is -2.76. The Bertz CT molecular complexity index is 1510. The fourth-order valence-electron chi connectivity index (χ4n) is 6.01. The molecule has 0 aromatic heterocycles. The van der Waals surface area contributed by atoms with E-state index in [-0.39, 0.29) is 12.7 Å². The summed E-state index contributed by atoms with van der Waals surface area (Å²) in [6.07, 6.45) is -0.0627. The van der Waals surface area contributed by atoms with Crippen LogP contribution < -0.4 is 5.32 Å². The van der Waals surface area contributed by atoms with E-state index in [0.29, 0.717) is 5.56 Å². The summed E-state index contributed by atoms with van der Waals surface area (Å²) in [6.45, 7) is 9.01. The maximum absolute atomic E-state index is 13.6. The molecular formula is C26H28N4O9S2. The van der Waals surface area contributed by atoms with Gasteiger partial charge in [-0.15, -0.1) is 11.8 Å². The summed E-state index contributed by atoms with van der Waals surface area (Å²) in [5.74, 6) is -4.64. The number of fused-ring (bicyclic) bond motifs is 2. The largest absolute Gasteiger partial charge is 0.389 e. The molecular weight excluding hydrogens is 576 g/mol. The number of sulfone groups is 1. The highest BCUT2D eigenvalue weighted by Gasteiger charge is 2.75. The van der Waals surface area contributed by atoms with Gasteiger partial charge in [-0.1, -0.05) is 30.3 Å². The van der Waals surface area contributed by atoms with Gasteiger partial charge in [0.2, 0.25) is 17.4 Å². The lowest BCUT2D eigenvalue weighted by molar-refractivity contribution is -0.183. The minimum Gasteiger partial charge on any atom is -0.389 e. The van der Waals surface area contributed by atoms with Crippen molar-refractivity contribution in [2.75, 3.05) is 0 Å². The molecule has 6 atom stereocenters. The standard InChI is InChI=1S/C26H28N4O9S2/c1-24(2)18(29-14(32)11-15(29)41(24,37)38)22(35)39-23(36)26(12-31)25(3,4)40-21-17(20(34)30(21)26)28-19(33)16(27-5)13-9-7-6-8-10-13/h6-10,12,15-18,21H,5,11H2,1-4H3,(H,28,33)/t15-,16?,17-,18+,21-,26+/m1/s1. The van der Waals surface area contributed by atoms with Gasteiger partial charge < -0.3 is 19.9 Å². The smallest absolute Gasteiger partial charge is 0.348 e. The highest BCUT2D eigenvalue weighted by molar-refractivity contribution is 8.01. The molecule has 41 heavy (non-hydrogen) atoms. The summed E-state index contributed by atoms with van der Waals surface area (Å²) in [5.41, 5.74) is -1.72. The molecule has 4 saturated heterocycles. The predicted molar refractivity (Wildman–Crippen MR) is 145 cm³/mol. The third-order valence-corrected chi connectivity index (χ3v) is 12.9. The number of amides is 3. The second-order valence-electron chi connectivity index (χ2n) is 11.3. The molecule has 5 rings (SSSR count). The number of carbonyl (C=O) groups excluding carboxylic acids is 6.